The lowest BCUT2D eigenvalue weighted by Gasteiger charge is -2.24. The summed E-state index contributed by atoms with van der Waals surface area (Å²) in [6.45, 7) is 0.268. The zero-order chi connectivity index (χ0) is 18.9. The van der Waals surface area contributed by atoms with Gasteiger partial charge in [-0.1, -0.05) is 90.4 Å². The quantitative estimate of drug-likeness (QED) is 0.357. The molecule has 0 fully saturated rings. The fourth-order valence-electron chi connectivity index (χ4n) is 5.11. The van der Waals surface area contributed by atoms with Gasteiger partial charge in [-0.3, -0.25) is 0 Å². The maximum atomic E-state index is 2.52. The van der Waals surface area contributed by atoms with Crippen LogP contribution in [0.3, 0.4) is 0 Å². The Bertz CT molecular complexity index is 1560. The van der Waals surface area contributed by atoms with Crippen molar-refractivity contribution in [2.75, 3.05) is 0 Å². The van der Waals surface area contributed by atoms with Gasteiger partial charge in [-0.2, -0.15) is 0 Å². The van der Waals surface area contributed by atoms with Gasteiger partial charge in [0.1, 0.15) is 0 Å². The predicted octanol–water partition coefficient (Wildman–Crippen LogP) is 4.83. The molecule has 0 N–H and O–H groups in total. The third kappa shape index (κ3) is 1.96. The molecule has 0 unspecified atom stereocenters. The van der Waals surface area contributed by atoms with Crippen LogP contribution < -0.4 is 15.7 Å². The second-order valence-electron chi connectivity index (χ2n) is 7.75. The Kier molecular flexibility index (Phi) is 3.02. The highest BCUT2D eigenvalue weighted by Gasteiger charge is 2.35. The minimum absolute atomic E-state index is 0.268. The summed E-state index contributed by atoms with van der Waals surface area (Å²) in [6.07, 6.45) is 0. The first-order valence-electron chi connectivity index (χ1n) is 10.0. The van der Waals surface area contributed by atoms with E-state index in [0.29, 0.717) is 0 Å². The summed E-state index contributed by atoms with van der Waals surface area (Å²) in [5.41, 5.74) is 6.79. The third-order valence-corrected chi connectivity index (χ3v) is 7.48. The number of nitrogens with zero attached hydrogens (tertiary/aromatic N) is 1. The maximum absolute atomic E-state index is 2.52. The van der Waals surface area contributed by atoms with Gasteiger partial charge >= 0.3 is 0 Å². The average molecular weight is 385 g/mol. The van der Waals surface area contributed by atoms with E-state index in [9.17, 15) is 0 Å². The molecule has 29 heavy (non-hydrogen) atoms. The Morgan fingerprint density at radius 2 is 1.34 bits per heavy atom. The van der Waals surface area contributed by atoms with E-state index in [2.05, 4.69) is 102 Å². The second kappa shape index (κ2) is 5.62. The minimum atomic E-state index is 0.268. The van der Waals surface area contributed by atoms with Gasteiger partial charge in [0.05, 0.1) is 11.2 Å². The molecule has 0 atom stereocenters. The van der Waals surface area contributed by atoms with Crippen LogP contribution in [0.5, 0.6) is 0 Å². The highest BCUT2D eigenvalue weighted by molar-refractivity contribution is 7.33. The highest BCUT2D eigenvalue weighted by Crippen LogP contribution is 2.38. The van der Waals surface area contributed by atoms with Crippen LogP contribution in [0.15, 0.2) is 97.1 Å². The first-order valence-corrected chi connectivity index (χ1v) is 10.8. The van der Waals surface area contributed by atoms with Gasteiger partial charge in [0.2, 0.25) is 0 Å². The number of fused-ring (bicyclic) bond motifs is 7. The third-order valence-electron chi connectivity index (χ3n) is 6.25. The molecule has 0 spiro atoms. The largest absolute Gasteiger partial charge is 0.309 e. The van der Waals surface area contributed by atoms with Crippen LogP contribution in [0.2, 0.25) is 0 Å². The predicted molar refractivity (Wildman–Crippen MR) is 127 cm³/mol. The first kappa shape index (κ1) is 15.6. The van der Waals surface area contributed by atoms with Crippen molar-refractivity contribution < 1.29 is 0 Å². The molecule has 1 nitrogen and oxygen atoms in total. The molecule has 0 aliphatic carbocycles. The fraction of sp³-hybridized carbons (Fsp3) is 0. The molecular weight excluding hydrogens is 369 g/mol. The van der Waals surface area contributed by atoms with E-state index in [0.717, 1.165) is 0 Å². The van der Waals surface area contributed by atoms with Crippen LogP contribution in [0.1, 0.15) is 0 Å². The number of hydrogen-bond donors (Lipinski definition) is 0. The van der Waals surface area contributed by atoms with Crippen molar-refractivity contribution in [3.05, 3.63) is 97.1 Å². The molecule has 134 valence electrons. The molecular formula is C26H16BNS. The molecule has 1 aliphatic heterocycles. The van der Waals surface area contributed by atoms with Gasteiger partial charge in [-0.15, -0.1) is 11.3 Å². The van der Waals surface area contributed by atoms with Gasteiger partial charge in [-0.05, 0) is 17.6 Å². The number of rotatable bonds is 1. The van der Waals surface area contributed by atoms with E-state index in [-0.39, 0.29) is 6.71 Å². The lowest BCUT2D eigenvalue weighted by atomic mass is 9.38. The SMILES string of the molecule is c1ccc(B2c3sc4ccccc4c3-n3c4ccccc4c4cccc2c43)cc1. The van der Waals surface area contributed by atoms with Crippen molar-refractivity contribution in [2.45, 2.75) is 0 Å². The maximum Gasteiger partial charge on any atom is 0.259 e. The van der Waals surface area contributed by atoms with Crippen molar-refractivity contribution in [1.82, 2.24) is 4.57 Å². The van der Waals surface area contributed by atoms with Crippen molar-refractivity contribution in [2.24, 2.45) is 0 Å². The monoisotopic (exact) mass is 385 g/mol. The van der Waals surface area contributed by atoms with E-state index in [4.69, 9.17) is 0 Å². The number of hydrogen-bond acceptors (Lipinski definition) is 1. The van der Waals surface area contributed by atoms with Gasteiger partial charge in [0.15, 0.2) is 0 Å². The molecule has 2 aromatic heterocycles. The summed E-state index contributed by atoms with van der Waals surface area (Å²) in [6, 6.07) is 35.5. The van der Waals surface area contributed by atoms with E-state index in [1.54, 1.807) is 0 Å². The Hall–Kier alpha value is -3.30. The standard InChI is InChI=1S/C26H16BNS/c1-2-9-17(10-3-1)27-21-14-8-13-19-18-11-4-6-15-22(18)28(24(19)21)25-20-12-5-7-16-23(20)29-26(25)27/h1-16H. The summed E-state index contributed by atoms with van der Waals surface area (Å²) in [4.78, 5) is 0. The lowest BCUT2D eigenvalue weighted by molar-refractivity contribution is 1.22. The van der Waals surface area contributed by atoms with Gasteiger partial charge < -0.3 is 4.57 Å². The number of aromatic nitrogens is 1. The van der Waals surface area contributed by atoms with E-state index < -0.39 is 0 Å². The summed E-state index contributed by atoms with van der Waals surface area (Å²) < 4.78 is 5.32. The zero-order valence-electron chi connectivity index (χ0n) is 15.7. The molecule has 0 saturated heterocycles. The highest BCUT2D eigenvalue weighted by atomic mass is 32.1. The minimum Gasteiger partial charge on any atom is -0.309 e. The van der Waals surface area contributed by atoms with Crippen LogP contribution in [0.4, 0.5) is 0 Å². The van der Waals surface area contributed by atoms with Crippen LogP contribution in [0, 0.1) is 0 Å². The van der Waals surface area contributed by atoms with Gasteiger partial charge in [-0.25, -0.2) is 0 Å². The summed E-state index contributed by atoms with van der Waals surface area (Å²) in [5.74, 6) is 0. The molecule has 0 saturated carbocycles. The molecule has 3 heterocycles. The summed E-state index contributed by atoms with van der Waals surface area (Å²) >= 11 is 1.94. The smallest absolute Gasteiger partial charge is 0.259 e. The molecule has 1 aliphatic rings. The Morgan fingerprint density at radius 1 is 0.621 bits per heavy atom. The average Bonchev–Trinajstić information content (AvgIpc) is 3.32. The number of thiophene rings is 1. The molecule has 4 aromatic carbocycles. The van der Waals surface area contributed by atoms with Crippen LogP contribution in [0.25, 0.3) is 37.6 Å². The molecule has 7 rings (SSSR count). The van der Waals surface area contributed by atoms with Crippen molar-refractivity contribution in [3.63, 3.8) is 0 Å². The van der Waals surface area contributed by atoms with Crippen LogP contribution in [-0.4, -0.2) is 11.3 Å². The fourth-order valence-corrected chi connectivity index (χ4v) is 6.44. The van der Waals surface area contributed by atoms with E-state index >= 15 is 0 Å². The molecule has 6 aromatic rings. The van der Waals surface area contributed by atoms with E-state index in [1.165, 1.54) is 53.3 Å². The van der Waals surface area contributed by atoms with E-state index in [1.807, 2.05) is 11.3 Å². The first-order chi connectivity index (χ1) is 14.4. The van der Waals surface area contributed by atoms with Crippen LogP contribution in [-0.2, 0) is 0 Å². The number of benzene rings is 4. The molecule has 3 heteroatoms. The van der Waals surface area contributed by atoms with Crippen molar-refractivity contribution in [1.29, 1.82) is 0 Å². The second-order valence-corrected chi connectivity index (χ2v) is 8.83. The Morgan fingerprint density at radius 3 is 2.24 bits per heavy atom. The molecule has 0 radical (unpaired) electrons. The molecule has 0 bridgehead atoms. The van der Waals surface area contributed by atoms with Crippen LogP contribution >= 0.6 is 11.3 Å². The lowest BCUT2D eigenvalue weighted by Crippen LogP contribution is -2.54. The Balaban J connectivity index is 1.76. The zero-order valence-corrected chi connectivity index (χ0v) is 16.5. The summed E-state index contributed by atoms with van der Waals surface area (Å²) in [7, 11) is 0. The van der Waals surface area contributed by atoms with Crippen molar-refractivity contribution >= 4 is 65.6 Å². The normalized spacial score (nSPS) is 12.8. The molecule has 0 amide bonds. The van der Waals surface area contributed by atoms with Gasteiger partial charge in [0, 0.05) is 31.2 Å². The van der Waals surface area contributed by atoms with Crippen molar-refractivity contribution in [3.8, 4) is 5.69 Å². The topological polar surface area (TPSA) is 4.93 Å². The summed E-state index contributed by atoms with van der Waals surface area (Å²) in [5, 5.41) is 4.03. The Labute approximate surface area is 172 Å². The van der Waals surface area contributed by atoms with Gasteiger partial charge in [0.25, 0.3) is 6.71 Å². The number of para-hydroxylation sites is 2.